The highest BCUT2D eigenvalue weighted by Crippen LogP contribution is 2.23. The van der Waals surface area contributed by atoms with Gasteiger partial charge in [0.05, 0.1) is 6.61 Å². The van der Waals surface area contributed by atoms with E-state index in [1.54, 1.807) is 11.3 Å². The first kappa shape index (κ1) is 37.3. The number of carbonyl (C=O) groups excluding carboxylic acids is 2. The highest BCUT2D eigenvalue weighted by atomic mass is 32.1. The van der Waals surface area contributed by atoms with Crippen molar-refractivity contribution in [2.45, 2.75) is 38.6 Å². The summed E-state index contributed by atoms with van der Waals surface area (Å²) < 4.78 is 37.5. The molecule has 260 valence electrons. The van der Waals surface area contributed by atoms with Crippen molar-refractivity contribution in [1.29, 1.82) is 0 Å². The average Bonchev–Trinajstić information content (AvgIpc) is 3.82. The zero-order valence-corrected chi connectivity index (χ0v) is 27.8. The molecule has 1 aliphatic rings. The molecule has 0 unspecified atom stereocenters. The maximum atomic E-state index is 13.3. The fraction of sp³-hybridized carbons (Fsp3) is 0.324. The molecule has 1 aliphatic heterocycles. The van der Waals surface area contributed by atoms with Crippen molar-refractivity contribution < 1.29 is 37.4 Å². The van der Waals surface area contributed by atoms with Gasteiger partial charge in [-0.2, -0.15) is 13.2 Å². The molecule has 0 aliphatic carbocycles. The summed E-state index contributed by atoms with van der Waals surface area (Å²) in [5.74, 6) is -2.83. The Bertz CT molecular complexity index is 1630. The summed E-state index contributed by atoms with van der Waals surface area (Å²) in [6, 6.07) is 30.0. The summed E-state index contributed by atoms with van der Waals surface area (Å²) in [6.07, 6.45) is -1.79. The van der Waals surface area contributed by atoms with E-state index in [0.717, 1.165) is 48.3 Å². The molecule has 0 saturated carbocycles. The molecular formula is C37H40F3N3O5S. The second-order valence-corrected chi connectivity index (χ2v) is 12.5. The quantitative estimate of drug-likeness (QED) is 0.153. The topological polar surface area (TPSA) is 99.2 Å². The summed E-state index contributed by atoms with van der Waals surface area (Å²) in [4.78, 5) is 40.6. The van der Waals surface area contributed by atoms with Crippen LogP contribution in [0, 0.1) is 0 Å². The first-order valence-electron chi connectivity index (χ1n) is 16.0. The van der Waals surface area contributed by atoms with Crippen LogP contribution in [-0.4, -0.2) is 78.2 Å². The number of thiophene rings is 1. The predicted molar refractivity (Wildman–Crippen MR) is 183 cm³/mol. The van der Waals surface area contributed by atoms with Gasteiger partial charge in [-0.15, -0.1) is 11.3 Å². The number of nitrogens with one attached hydrogen (secondary N) is 1. The third-order valence-corrected chi connectivity index (χ3v) is 8.75. The van der Waals surface area contributed by atoms with Crippen LogP contribution in [0.15, 0.2) is 96.4 Å². The maximum Gasteiger partial charge on any atom is 0.490 e. The lowest BCUT2D eigenvalue weighted by molar-refractivity contribution is -0.192. The monoisotopic (exact) mass is 695 g/mol. The normalized spacial score (nSPS) is 13.0. The van der Waals surface area contributed by atoms with Gasteiger partial charge in [-0.3, -0.25) is 9.59 Å². The molecule has 1 aromatic heterocycles. The van der Waals surface area contributed by atoms with E-state index >= 15 is 0 Å². The van der Waals surface area contributed by atoms with Gasteiger partial charge in [0.2, 0.25) is 5.91 Å². The van der Waals surface area contributed by atoms with Crippen LogP contribution in [0.5, 0.6) is 0 Å². The Balaban J connectivity index is 0.000000698. The van der Waals surface area contributed by atoms with E-state index < -0.39 is 12.1 Å². The van der Waals surface area contributed by atoms with Crippen molar-refractivity contribution in [1.82, 2.24) is 15.1 Å². The van der Waals surface area contributed by atoms with Crippen LogP contribution in [-0.2, 0) is 33.9 Å². The van der Waals surface area contributed by atoms with Gasteiger partial charge in [0.1, 0.15) is 6.61 Å². The Labute approximate surface area is 288 Å². The molecule has 0 spiro atoms. The molecule has 0 bridgehead atoms. The molecule has 2 amide bonds. The van der Waals surface area contributed by atoms with E-state index in [-0.39, 0.29) is 18.4 Å². The number of hydrogen-bond acceptors (Lipinski definition) is 6. The number of nitrogens with zero attached hydrogens (tertiary/aromatic N) is 2. The number of aliphatic carboxylic acids is 1. The lowest BCUT2D eigenvalue weighted by Crippen LogP contribution is -2.35. The minimum Gasteiger partial charge on any atom is -0.475 e. The van der Waals surface area contributed by atoms with E-state index in [1.807, 2.05) is 71.6 Å². The zero-order chi connectivity index (χ0) is 35.1. The van der Waals surface area contributed by atoms with Crippen molar-refractivity contribution >= 4 is 29.1 Å². The Morgan fingerprint density at radius 2 is 1.55 bits per heavy atom. The van der Waals surface area contributed by atoms with Crippen LogP contribution in [0.25, 0.3) is 11.1 Å². The van der Waals surface area contributed by atoms with Crippen LogP contribution in [0.1, 0.15) is 39.2 Å². The number of likely N-dealkylation sites (tertiary alicyclic amines) is 1. The van der Waals surface area contributed by atoms with Gasteiger partial charge in [-0.25, -0.2) is 4.79 Å². The van der Waals surface area contributed by atoms with Gasteiger partial charge < -0.3 is 25.0 Å². The highest BCUT2D eigenvalue weighted by molar-refractivity contribution is 7.09. The lowest BCUT2D eigenvalue weighted by atomic mass is 10.0. The highest BCUT2D eigenvalue weighted by Gasteiger charge is 2.38. The van der Waals surface area contributed by atoms with Gasteiger partial charge in [-0.05, 0) is 84.3 Å². The molecule has 8 nitrogen and oxygen atoms in total. The number of ether oxygens (including phenoxy) is 1. The Morgan fingerprint density at radius 3 is 2.22 bits per heavy atom. The largest absolute Gasteiger partial charge is 0.490 e. The number of benzene rings is 3. The summed E-state index contributed by atoms with van der Waals surface area (Å²) >= 11 is 1.71. The maximum absolute atomic E-state index is 13.3. The SMILES string of the molecule is O=C(NCCN1CCCC1)c1cccc(-c2cccc(CN(CCc3cccs3)C(=O)COCc3ccccc3)c2)c1.O=C(O)C(F)(F)F. The van der Waals surface area contributed by atoms with Crippen molar-refractivity contribution in [3.8, 4) is 11.1 Å². The Morgan fingerprint density at radius 1 is 0.878 bits per heavy atom. The number of carbonyl (C=O) groups is 3. The smallest absolute Gasteiger partial charge is 0.475 e. The number of amides is 2. The van der Waals surface area contributed by atoms with Crippen LogP contribution >= 0.6 is 11.3 Å². The second-order valence-electron chi connectivity index (χ2n) is 11.5. The first-order valence-corrected chi connectivity index (χ1v) is 16.9. The zero-order valence-electron chi connectivity index (χ0n) is 27.0. The minimum atomic E-state index is -5.08. The Kier molecular flexibility index (Phi) is 14.4. The number of alkyl halides is 3. The fourth-order valence-electron chi connectivity index (χ4n) is 5.26. The molecule has 0 atom stereocenters. The third kappa shape index (κ3) is 12.8. The minimum absolute atomic E-state index is 0.0273. The molecule has 0 radical (unpaired) electrons. The number of carboxylic acids is 1. The van der Waals surface area contributed by atoms with E-state index in [4.69, 9.17) is 14.6 Å². The number of hydrogen-bond donors (Lipinski definition) is 2. The second kappa shape index (κ2) is 18.9. The van der Waals surface area contributed by atoms with Gasteiger partial charge >= 0.3 is 12.1 Å². The average molecular weight is 696 g/mol. The summed E-state index contributed by atoms with van der Waals surface area (Å²) in [5, 5.41) is 12.3. The summed E-state index contributed by atoms with van der Waals surface area (Å²) in [6.45, 7) is 5.35. The number of carboxylic acid groups (broad SMARTS) is 1. The van der Waals surface area contributed by atoms with E-state index in [1.165, 1.54) is 17.7 Å². The van der Waals surface area contributed by atoms with Gasteiger partial charge in [0, 0.05) is 36.6 Å². The summed E-state index contributed by atoms with van der Waals surface area (Å²) in [7, 11) is 0. The summed E-state index contributed by atoms with van der Waals surface area (Å²) in [5.41, 5.74) is 4.74. The standard InChI is InChI=1S/C35H39N3O3S.C2HF3O2/c39-34(27-41-26-28-9-2-1-3-10-28)38(20-16-33-15-8-22-42-33)25-29-11-6-12-30(23-29)31-13-7-14-32(24-31)35(40)36-17-21-37-18-4-5-19-37;3-2(4,5)1(6)7/h1-3,6-15,22-24H,4-5,16-21,25-27H2,(H,36,40);(H,6,7). The molecule has 4 aromatic rings. The van der Waals surface area contributed by atoms with Crippen molar-refractivity contribution in [3.05, 3.63) is 118 Å². The molecule has 49 heavy (non-hydrogen) atoms. The van der Waals surface area contributed by atoms with E-state index in [2.05, 4.69) is 39.9 Å². The molecule has 1 saturated heterocycles. The van der Waals surface area contributed by atoms with Crippen LogP contribution in [0.3, 0.4) is 0 Å². The van der Waals surface area contributed by atoms with Crippen molar-refractivity contribution in [2.24, 2.45) is 0 Å². The van der Waals surface area contributed by atoms with Gasteiger partial charge in [0.15, 0.2) is 0 Å². The third-order valence-electron chi connectivity index (χ3n) is 7.81. The first-order chi connectivity index (χ1) is 23.6. The van der Waals surface area contributed by atoms with Crippen LogP contribution in [0.2, 0.25) is 0 Å². The molecule has 2 heterocycles. The van der Waals surface area contributed by atoms with Crippen molar-refractivity contribution in [3.63, 3.8) is 0 Å². The van der Waals surface area contributed by atoms with E-state index in [9.17, 15) is 22.8 Å². The van der Waals surface area contributed by atoms with Gasteiger partial charge in [0.25, 0.3) is 5.91 Å². The molecule has 1 fully saturated rings. The number of halogens is 3. The molecule has 5 rings (SSSR count). The molecule has 12 heteroatoms. The fourth-order valence-corrected chi connectivity index (χ4v) is 5.96. The number of rotatable bonds is 14. The van der Waals surface area contributed by atoms with Gasteiger partial charge in [-0.1, -0.05) is 66.7 Å². The molecule has 3 aromatic carbocycles. The molecule has 2 N–H and O–H groups in total. The van der Waals surface area contributed by atoms with E-state index in [0.29, 0.717) is 31.8 Å². The van der Waals surface area contributed by atoms with Crippen LogP contribution in [0.4, 0.5) is 13.2 Å². The lowest BCUT2D eigenvalue weighted by Gasteiger charge is -2.23. The Hall–Kier alpha value is -4.52. The predicted octanol–water partition coefficient (Wildman–Crippen LogP) is 6.66. The van der Waals surface area contributed by atoms with Crippen LogP contribution < -0.4 is 5.32 Å². The van der Waals surface area contributed by atoms with Crippen molar-refractivity contribution in [2.75, 3.05) is 39.3 Å². The molecular weight excluding hydrogens is 655 g/mol.